The molecule has 0 atom stereocenters. The minimum absolute atomic E-state index is 0.510. The highest BCUT2D eigenvalue weighted by molar-refractivity contribution is 5.69. The molecular weight excluding hydrogens is 298 g/mol. The zero-order chi connectivity index (χ0) is 16.8. The lowest BCUT2D eigenvalue weighted by atomic mass is 10.0. The van der Waals surface area contributed by atoms with E-state index in [1.165, 1.54) is 0 Å². The van der Waals surface area contributed by atoms with E-state index >= 15 is 0 Å². The molecule has 1 heterocycles. The zero-order valence-electron chi connectivity index (χ0n) is 13.6. The van der Waals surface area contributed by atoms with Gasteiger partial charge < -0.3 is 9.47 Å². The molecule has 0 amide bonds. The molecule has 3 rings (SSSR count). The molecule has 0 saturated heterocycles. The number of rotatable bonds is 6. The summed E-state index contributed by atoms with van der Waals surface area (Å²) in [4.78, 5) is 4.39. The summed E-state index contributed by atoms with van der Waals surface area (Å²) in [6.45, 7) is 4.34. The van der Waals surface area contributed by atoms with Crippen molar-refractivity contribution in [1.82, 2.24) is 4.98 Å². The van der Waals surface area contributed by atoms with Crippen LogP contribution in [-0.2, 0) is 6.61 Å². The summed E-state index contributed by atoms with van der Waals surface area (Å²) in [6, 6.07) is 19.9. The highest BCUT2D eigenvalue weighted by atomic mass is 16.5. The average Bonchev–Trinajstić information content (AvgIpc) is 2.67. The van der Waals surface area contributed by atoms with Crippen LogP contribution < -0.4 is 9.47 Å². The number of benzene rings is 2. The van der Waals surface area contributed by atoms with Crippen LogP contribution in [0.15, 0.2) is 73.4 Å². The van der Waals surface area contributed by atoms with E-state index < -0.39 is 0 Å². The van der Waals surface area contributed by atoms with Crippen LogP contribution in [0.5, 0.6) is 11.6 Å². The predicted molar refractivity (Wildman–Crippen MR) is 97.1 cm³/mol. The Bertz CT molecular complexity index is 811. The van der Waals surface area contributed by atoms with Crippen LogP contribution in [0.25, 0.3) is 17.2 Å². The Kier molecular flexibility index (Phi) is 4.92. The Balaban J connectivity index is 1.73. The Hall–Kier alpha value is -3.07. The maximum Gasteiger partial charge on any atom is 0.213 e. The van der Waals surface area contributed by atoms with Gasteiger partial charge in [0.1, 0.15) is 12.4 Å². The molecule has 3 heteroatoms. The lowest BCUT2D eigenvalue weighted by molar-refractivity contribution is 0.294. The van der Waals surface area contributed by atoms with E-state index in [0.717, 1.165) is 28.0 Å². The van der Waals surface area contributed by atoms with E-state index in [9.17, 15) is 0 Å². The molecule has 0 fully saturated rings. The molecule has 3 aromatic rings. The van der Waals surface area contributed by atoms with Gasteiger partial charge in [0, 0.05) is 23.4 Å². The number of pyridine rings is 1. The molecule has 0 unspecified atom stereocenters. The fourth-order valence-electron chi connectivity index (χ4n) is 2.44. The number of hydrogen-bond acceptors (Lipinski definition) is 3. The highest BCUT2D eigenvalue weighted by Crippen LogP contribution is 2.27. The van der Waals surface area contributed by atoms with Gasteiger partial charge in [-0.25, -0.2) is 4.98 Å². The van der Waals surface area contributed by atoms with Crippen LogP contribution in [0.4, 0.5) is 0 Å². The van der Waals surface area contributed by atoms with Gasteiger partial charge in [-0.1, -0.05) is 49.1 Å². The molecule has 0 aliphatic rings. The third-order valence-electron chi connectivity index (χ3n) is 3.75. The topological polar surface area (TPSA) is 31.4 Å². The molecule has 24 heavy (non-hydrogen) atoms. The number of nitrogens with zero attached hydrogens (tertiary/aromatic N) is 1. The zero-order valence-corrected chi connectivity index (χ0v) is 13.6. The number of ether oxygens (including phenoxy) is 2. The lowest BCUT2D eigenvalue weighted by Crippen LogP contribution is -1.96. The SMILES string of the molecule is C=Cc1cc(-c2ccc(OCc3ccccc3)nc2)ccc1OC. The van der Waals surface area contributed by atoms with Crippen LogP contribution in [0, 0.1) is 0 Å². The van der Waals surface area contributed by atoms with E-state index in [2.05, 4.69) is 11.6 Å². The van der Waals surface area contributed by atoms with Crippen LogP contribution >= 0.6 is 0 Å². The standard InChI is InChI=1S/C21H19NO2/c1-3-17-13-18(9-11-20(17)23-2)19-10-12-21(22-14-19)24-15-16-7-5-4-6-8-16/h3-14H,1,15H2,2H3. The summed E-state index contributed by atoms with van der Waals surface area (Å²) in [5, 5.41) is 0. The first-order valence-electron chi connectivity index (χ1n) is 7.74. The second-order valence-corrected chi connectivity index (χ2v) is 5.32. The van der Waals surface area contributed by atoms with Crippen molar-refractivity contribution in [1.29, 1.82) is 0 Å². The van der Waals surface area contributed by atoms with Crippen molar-refractivity contribution in [2.24, 2.45) is 0 Å². The van der Waals surface area contributed by atoms with E-state index in [-0.39, 0.29) is 0 Å². The molecular formula is C21H19NO2. The Labute approximate surface area is 142 Å². The molecule has 0 spiro atoms. The van der Waals surface area contributed by atoms with Gasteiger partial charge in [-0.3, -0.25) is 0 Å². The molecule has 120 valence electrons. The summed E-state index contributed by atoms with van der Waals surface area (Å²) >= 11 is 0. The van der Waals surface area contributed by atoms with E-state index in [0.29, 0.717) is 12.5 Å². The molecule has 0 aliphatic carbocycles. The third-order valence-corrected chi connectivity index (χ3v) is 3.75. The van der Waals surface area contributed by atoms with Gasteiger partial charge in [-0.15, -0.1) is 0 Å². The summed E-state index contributed by atoms with van der Waals surface area (Å²) in [5.74, 6) is 1.42. The molecule has 1 aromatic heterocycles. The number of aromatic nitrogens is 1. The minimum Gasteiger partial charge on any atom is -0.496 e. The molecule has 0 aliphatic heterocycles. The minimum atomic E-state index is 0.510. The van der Waals surface area contributed by atoms with Crippen molar-refractivity contribution in [2.45, 2.75) is 6.61 Å². The fraction of sp³-hybridized carbons (Fsp3) is 0.0952. The molecule has 3 nitrogen and oxygen atoms in total. The number of methoxy groups -OCH3 is 1. The van der Waals surface area contributed by atoms with Gasteiger partial charge in [0.15, 0.2) is 0 Å². The summed E-state index contributed by atoms with van der Waals surface area (Å²) in [7, 11) is 1.66. The third kappa shape index (κ3) is 3.63. The first-order chi connectivity index (χ1) is 11.8. The first-order valence-corrected chi connectivity index (χ1v) is 7.74. The monoisotopic (exact) mass is 317 g/mol. The van der Waals surface area contributed by atoms with Gasteiger partial charge in [0.2, 0.25) is 5.88 Å². The smallest absolute Gasteiger partial charge is 0.213 e. The van der Waals surface area contributed by atoms with Gasteiger partial charge in [-0.05, 0) is 29.3 Å². The Morgan fingerprint density at radius 2 is 1.79 bits per heavy atom. The molecule has 2 aromatic carbocycles. The highest BCUT2D eigenvalue weighted by Gasteiger charge is 2.05. The fourth-order valence-corrected chi connectivity index (χ4v) is 2.44. The van der Waals surface area contributed by atoms with Crippen molar-refractivity contribution in [3.63, 3.8) is 0 Å². The number of hydrogen-bond donors (Lipinski definition) is 0. The van der Waals surface area contributed by atoms with Crippen molar-refractivity contribution >= 4 is 6.08 Å². The maximum absolute atomic E-state index is 5.72. The average molecular weight is 317 g/mol. The van der Waals surface area contributed by atoms with E-state index in [1.54, 1.807) is 13.2 Å². The molecule has 0 bridgehead atoms. The maximum atomic E-state index is 5.72. The van der Waals surface area contributed by atoms with Gasteiger partial charge in [0.05, 0.1) is 7.11 Å². The van der Waals surface area contributed by atoms with E-state index in [4.69, 9.17) is 9.47 Å². The second kappa shape index (κ2) is 7.47. The Morgan fingerprint density at radius 1 is 1.00 bits per heavy atom. The van der Waals surface area contributed by atoms with Crippen LogP contribution in [0.2, 0.25) is 0 Å². The second-order valence-electron chi connectivity index (χ2n) is 5.32. The Morgan fingerprint density at radius 3 is 2.46 bits per heavy atom. The van der Waals surface area contributed by atoms with Crippen LogP contribution in [0.3, 0.4) is 0 Å². The summed E-state index contributed by atoms with van der Waals surface area (Å²) in [5.41, 5.74) is 4.16. The molecule has 0 N–H and O–H groups in total. The van der Waals surface area contributed by atoms with Crippen molar-refractivity contribution in [3.8, 4) is 22.8 Å². The van der Waals surface area contributed by atoms with Gasteiger partial charge >= 0.3 is 0 Å². The predicted octanol–water partition coefficient (Wildman–Crippen LogP) is 4.98. The van der Waals surface area contributed by atoms with Crippen LogP contribution in [-0.4, -0.2) is 12.1 Å². The van der Waals surface area contributed by atoms with Crippen molar-refractivity contribution < 1.29 is 9.47 Å². The van der Waals surface area contributed by atoms with Gasteiger partial charge in [0.25, 0.3) is 0 Å². The molecule has 0 saturated carbocycles. The summed E-state index contributed by atoms with van der Waals surface area (Å²) < 4.78 is 11.0. The first kappa shape index (κ1) is 15.8. The lowest BCUT2D eigenvalue weighted by Gasteiger charge is -2.09. The molecule has 0 radical (unpaired) electrons. The van der Waals surface area contributed by atoms with E-state index in [1.807, 2.05) is 66.9 Å². The normalized spacial score (nSPS) is 10.2. The van der Waals surface area contributed by atoms with Crippen LogP contribution in [0.1, 0.15) is 11.1 Å². The quantitative estimate of drug-likeness (QED) is 0.642. The van der Waals surface area contributed by atoms with Gasteiger partial charge in [-0.2, -0.15) is 0 Å². The van der Waals surface area contributed by atoms with Crippen molar-refractivity contribution in [2.75, 3.05) is 7.11 Å². The van der Waals surface area contributed by atoms with Crippen molar-refractivity contribution in [3.05, 3.63) is 84.6 Å². The largest absolute Gasteiger partial charge is 0.496 e. The summed E-state index contributed by atoms with van der Waals surface area (Å²) in [6.07, 6.45) is 3.60.